The fraction of sp³-hybridized carbons (Fsp3) is 0.286. The number of aryl methyl sites for hydroxylation is 1. The lowest BCUT2D eigenvalue weighted by Crippen LogP contribution is -2.14. The summed E-state index contributed by atoms with van der Waals surface area (Å²) in [6.45, 7) is 6.75. The van der Waals surface area contributed by atoms with E-state index in [9.17, 15) is 9.59 Å². The Hall–Kier alpha value is -3.80. The SMILES string of the molecule is CCCOC(=O)Nc1ccc(C(c2ccc(C)cc2)c2ccc(NC(=O)OCCC)cc2)cc1. The van der Waals surface area contributed by atoms with Gasteiger partial charge in [0.2, 0.25) is 0 Å². The van der Waals surface area contributed by atoms with Crippen molar-refractivity contribution in [3.05, 3.63) is 95.1 Å². The third-order valence-corrected chi connectivity index (χ3v) is 5.27. The molecule has 0 aliphatic rings. The molecule has 3 rings (SSSR count). The number of benzene rings is 3. The van der Waals surface area contributed by atoms with Gasteiger partial charge in [-0.3, -0.25) is 10.6 Å². The molecular weight excluding hydrogens is 428 g/mol. The van der Waals surface area contributed by atoms with Crippen LogP contribution in [0.5, 0.6) is 0 Å². The first kappa shape index (κ1) is 24.8. The summed E-state index contributed by atoms with van der Waals surface area (Å²) < 4.78 is 10.2. The van der Waals surface area contributed by atoms with Gasteiger partial charge in [0.25, 0.3) is 0 Å². The van der Waals surface area contributed by atoms with E-state index in [0.29, 0.717) is 24.6 Å². The van der Waals surface area contributed by atoms with Crippen LogP contribution < -0.4 is 10.6 Å². The molecule has 0 aliphatic heterocycles. The molecule has 3 aromatic carbocycles. The van der Waals surface area contributed by atoms with Crippen molar-refractivity contribution < 1.29 is 19.1 Å². The van der Waals surface area contributed by atoms with Gasteiger partial charge in [-0.05, 0) is 60.7 Å². The molecule has 2 N–H and O–H groups in total. The van der Waals surface area contributed by atoms with E-state index < -0.39 is 12.2 Å². The maximum atomic E-state index is 11.9. The van der Waals surface area contributed by atoms with E-state index in [4.69, 9.17) is 9.47 Å². The zero-order valence-electron chi connectivity index (χ0n) is 20.0. The number of rotatable bonds is 9. The first-order valence-electron chi connectivity index (χ1n) is 11.6. The van der Waals surface area contributed by atoms with Crippen molar-refractivity contribution in [1.29, 1.82) is 0 Å². The number of hydrogen-bond donors (Lipinski definition) is 2. The standard InChI is InChI=1S/C28H32N2O4/c1-4-18-33-27(31)29-24-14-10-22(11-15-24)26(21-8-6-20(3)7-9-21)23-12-16-25(17-13-23)30-28(32)34-19-5-2/h6-17,26H,4-5,18-19H2,1-3H3,(H,29,31)(H,30,32). The summed E-state index contributed by atoms with van der Waals surface area (Å²) >= 11 is 0. The predicted molar refractivity (Wildman–Crippen MR) is 136 cm³/mol. The Kier molecular flexibility index (Phi) is 9.09. The number of hydrogen-bond acceptors (Lipinski definition) is 4. The van der Waals surface area contributed by atoms with Gasteiger partial charge in [-0.15, -0.1) is 0 Å². The van der Waals surface area contributed by atoms with Gasteiger partial charge in [0.05, 0.1) is 13.2 Å². The first-order valence-corrected chi connectivity index (χ1v) is 11.6. The number of carbonyl (C=O) groups excluding carboxylic acids is 2. The highest BCUT2D eigenvalue weighted by molar-refractivity contribution is 5.85. The van der Waals surface area contributed by atoms with Crippen LogP contribution in [0.25, 0.3) is 0 Å². The average Bonchev–Trinajstić information content (AvgIpc) is 2.85. The fourth-order valence-electron chi connectivity index (χ4n) is 3.55. The lowest BCUT2D eigenvalue weighted by Gasteiger charge is -2.20. The molecule has 0 saturated carbocycles. The minimum atomic E-state index is -0.453. The largest absolute Gasteiger partial charge is 0.449 e. The average molecular weight is 461 g/mol. The van der Waals surface area contributed by atoms with Gasteiger partial charge in [0, 0.05) is 17.3 Å². The molecule has 6 nitrogen and oxygen atoms in total. The molecule has 0 unspecified atom stereocenters. The molecule has 34 heavy (non-hydrogen) atoms. The zero-order valence-corrected chi connectivity index (χ0v) is 20.0. The quantitative estimate of drug-likeness (QED) is 0.334. The van der Waals surface area contributed by atoms with Crippen LogP contribution in [0.4, 0.5) is 21.0 Å². The minimum absolute atomic E-state index is 0.0113. The topological polar surface area (TPSA) is 76.7 Å². The van der Waals surface area contributed by atoms with E-state index in [1.165, 1.54) is 5.56 Å². The summed E-state index contributed by atoms with van der Waals surface area (Å²) in [5.41, 5.74) is 5.86. The molecule has 0 spiro atoms. The summed E-state index contributed by atoms with van der Waals surface area (Å²) in [7, 11) is 0. The third kappa shape index (κ3) is 7.10. The molecule has 0 aromatic heterocycles. The minimum Gasteiger partial charge on any atom is -0.449 e. The highest BCUT2D eigenvalue weighted by Gasteiger charge is 2.17. The van der Waals surface area contributed by atoms with E-state index in [1.807, 2.05) is 62.4 Å². The van der Waals surface area contributed by atoms with Gasteiger partial charge >= 0.3 is 12.2 Å². The van der Waals surface area contributed by atoms with Crippen molar-refractivity contribution in [2.75, 3.05) is 23.8 Å². The van der Waals surface area contributed by atoms with Gasteiger partial charge in [0.1, 0.15) is 0 Å². The lowest BCUT2D eigenvalue weighted by atomic mass is 9.85. The summed E-state index contributed by atoms with van der Waals surface area (Å²) in [6.07, 6.45) is 0.646. The van der Waals surface area contributed by atoms with Crippen LogP contribution in [0.15, 0.2) is 72.8 Å². The highest BCUT2D eigenvalue weighted by atomic mass is 16.6. The maximum Gasteiger partial charge on any atom is 0.411 e. The Balaban J connectivity index is 1.83. The smallest absolute Gasteiger partial charge is 0.411 e. The van der Waals surface area contributed by atoms with Crippen molar-refractivity contribution in [2.45, 2.75) is 39.5 Å². The second-order valence-electron chi connectivity index (χ2n) is 8.11. The van der Waals surface area contributed by atoms with Crippen molar-refractivity contribution in [1.82, 2.24) is 0 Å². The number of anilines is 2. The van der Waals surface area contributed by atoms with Crippen LogP contribution in [-0.4, -0.2) is 25.4 Å². The Bertz CT molecular complexity index is 996. The summed E-state index contributed by atoms with van der Waals surface area (Å²) in [5, 5.41) is 5.51. The zero-order chi connectivity index (χ0) is 24.3. The summed E-state index contributed by atoms with van der Waals surface area (Å²) in [6, 6.07) is 24.0. The van der Waals surface area contributed by atoms with Gasteiger partial charge in [-0.2, -0.15) is 0 Å². The number of nitrogens with one attached hydrogen (secondary N) is 2. The molecular formula is C28H32N2O4. The van der Waals surface area contributed by atoms with Crippen molar-refractivity contribution >= 4 is 23.6 Å². The van der Waals surface area contributed by atoms with Crippen LogP contribution in [0.2, 0.25) is 0 Å². The number of ether oxygens (including phenoxy) is 2. The predicted octanol–water partition coefficient (Wildman–Crippen LogP) is 7.09. The van der Waals surface area contributed by atoms with Gasteiger partial charge in [0.15, 0.2) is 0 Å². The van der Waals surface area contributed by atoms with E-state index in [1.54, 1.807) is 0 Å². The lowest BCUT2D eigenvalue weighted by molar-refractivity contribution is 0.161. The van der Waals surface area contributed by atoms with E-state index in [-0.39, 0.29) is 5.92 Å². The Morgan fingerprint density at radius 3 is 1.35 bits per heavy atom. The van der Waals surface area contributed by atoms with Crippen LogP contribution in [0, 0.1) is 6.92 Å². The number of carbonyl (C=O) groups is 2. The van der Waals surface area contributed by atoms with Crippen molar-refractivity contribution in [3.8, 4) is 0 Å². The molecule has 178 valence electrons. The molecule has 0 atom stereocenters. The van der Waals surface area contributed by atoms with Crippen LogP contribution in [-0.2, 0) is 9.47 Å². The molecule has 3 aromatic rings. The third-order valence-electron chi connectivity index (χ3n) is 5.27. The summed E-state index contributed by atoms with van der Waals surface area (Å²) in [5.74, 6) is -0.0113. The fourth-order valence-corrected chi connectivity index (χ4v) is 3.55. The van der Waals surface area contributed by atoms with Crippen LogP contribution in [0.1, 0.15) is 54.9 Å². The van der Waals surface area contributed by atoms with Crippen LogP contribution in [0.3, 0.4) is 0 Å². The monoisotopic (exact) mass is 460 g/mol. The second kappa shape index (κ2) is 12.4. The van der Waals surface area contributed by atoms with E-state index >= 15 is 0 Å². The second-order valence-corrected chi connectivity index (χ2v) is 8.11. The van der Waals surface area contributed by atoms with Gasteiger partial charge < -0.3 is 9.47 Å². The van der Waals surface area contributed by atoms with Crippen LogP contribution >= 0.6 is 0 Å². The molecule has 0 heterocycles. The number of amides is 2. The molecule has 0 radical (unpaired) electrons. The Morgan fingerprint density at radius 2 is 1.00 bits per heavy atom. The molecule has 6 heteroatoms. The normalized spacial score (nSPS) is 10.6. The maximum absolute atomic E-state index is 11.9. The Labute approximate surface area is 201 Å². The van der Waals surface area contributed by atoms with E-state index in [2.05, 4.69) is 41.8 Å². The first-order chi connectivity index (χ1) is 16.5. The Morgan fingerprint density at radius 1 is 0.647 bits per heavy atom. The molecule has 0 bridgehead atoms. The molecule has 0 fully saturated rings. The summed E-state index contributed by atoms with van der Waals surface area (Å²) in [4.78, 5) is 23.7. The van der Waals surface area contributed by atoms with Crippen molar-refractivity contribution in [3.63, 3.8) is 0 Å². The molecule has 0 saturated heterocycles. The highest BCUT2D eigenvalue weighted by Crippen LogP contribution is 2.33. The molecule has 0 aliphatic carbocycles. The van der Waals surface area contributed by atoms with Gasteiger partial charge in [-0.25, -0.2) is 9.59 Å². The van der Waals surface area contributed by atoms with E-state index in [0.717, 1.165) is 29.5 Å². The van der Waals surface area contributed by atoms with Crippen molar-refractivity contribution in [2.24, 2.45) is 0 Å². The van der Waals surface area contributed by atoms with Gasteiger partial charge in [-0.1, -0.05) is 67.9 Å². The molecule has 2 amide bonds.